The third-order valence-corrected chi connectivity index (χ3v) is 5.81. The van der Waals surface area contributed by atoms with Crippen molar-refractivity contribution in [2.24, 2.45) is 0 Å². The number of hydrogen-bond acceptors (Lipinski definition) is 4. The Balaban J connectivity index is 2.00. The lowest BCUT2D eigenvalue weighted by atomic mass is 10.2. The van der Waals surface area contributed by atoms with Crippen LogP contribution in [0.4, 0.5) is 11.4 Å². The standard InChI is InChI=1S/C20H21BrN2O4S/c1-2-17(20(27)23-16-9-4-3-8-15(16)21)28-14-7-5-6-13(12-14)22-18(24)10-11-19(25)26/h3-9,12,17H,2,10-11H2,1H3,(H,22,24)(H,23,27)(H,25,26). The Kier molecular flexibility index (Phi) is 8.53. The Morgan fingerprint density at radius 3 is 2.50 bits per heavy atom. The predicted octanol–water partition coefficient (Wildman–Crippen LogP) is 4.76. The fourth-order valence-electron chi connectivity index (χ4n) is 2.35. The fourth-order valence-corrected chi connectivity index (χ4v) is 3.75. The summed E-state index contributed by atoms with van der Waals surface area (Å²) >= 11 is 4.83. The van der Waals surface area contributed by atoms with Crippen LogP contribution < -0.4 is 10.6 Å². The average molecular weight is 465 g/mol. The second-order valence-electron chi connectivity index (χ2n) is 5.95. The summed E-state index contributed by atoms with van der Waals surface area (Å²) in [6.45, 7) is 1.94. The van der Waals surface area contributed by atoms with E-state index in [-0.39, 0.29) is 29.9 Å². The molecule has 28 heavy (non-hydrogen) atoms. The Morgan fingerprint density at radius 1 is 1.07 bits per heavy atom. The van der Waals surface area contributed by atoms with Crippen molar-refractivity contribution in [2.75, 3.05) is 10.6 Å². The first-order valence-corrected chi connectivity index (χ1v) is 10.4. The molecule has 1 unspecified atom stereocenters. The van der Waals surface area contributed by atoms with Crippen molar-refractivity contribution in [1.82, 2.24) is 0 Å². The Bertz CT molecular complexity index is 860. The summed E-state index contributed by atoms with van der Waals surface area (Å²) in [6, 6.07) is 14.6. The van der Waals surface area contributed by atoms with E-state index in [1.54, 1.807) is 18.2 Å². The van der Waals surface area contributed by atoms with E-state index < -0.39 is 5.97 Å². The summed E-state index contributed by atoms with van der Waals surface area (Å²) in [5.74, 6) is -1.47. The molecule has 0 spiro atoms. The first kappa shape index (κ1) is 22.0. The van der Waals surface area contributed by atoms with Gasteiger partial charge in [0.1, 0.15) is 0 Å². The first-order chi connectivity index (χ1) is 13.4. The number of para-hydroxylation sites is 1. The molecular weight excluding hydrogens is 444 g/mol. The number of amides is 2. The molecule has 2 rings (SSSR count). The maximum atomic E-state index is 12.6. The number of carbonyl (C=O) groups is 3. The molecule has 148 valence electrons. The highest BCUT2D eigenvalue weighted by molar-refractivity contribution is 9.10. The topological polar surface area (TPSA) is 95.5 Å². The zero-order valence-electron chi connectivity index (χ0n) is 15.3. The van der Waals surface area contributed by atoms with Crippen LogP contribution in [-0.2, 0) is 14.4 Å². The molecule has 3 N–H and O–H groups in total. The molecule has 2 aromatic carbocycles. The molecule has 0 aliphatic carbocycles. The van der Waals surface area contributed by atoms with Crippen LogP contribution in [0.25, 0.3) is 0 Å². The smallest absolute Gasteiger partial charge is 0.303 e. The monoisotopic (exact) mass is 464 g/mol. The van der Waals surface area contributed by atoms with Crippen LogP contribution in [-0.4, -0.2) is 28.1 Å². The second-order valence-corrected chi connectivity index (χ2v) is 8.08. The summed E-state index contributed by atoms with van der Waals surface area (Å²) < 4.78 is 0.814. The normalized spacial score (nSPS) is 11.5. The summed E-state index contributed by atoms with van der Waals surface area (Å²) in [5.41, 5.74) is 1.28. The molecule has 0 saturated carbocycles. The molecule has 8 heteroatoms. The van der Waals surface area contributed by atoms with E-state index in [0.29, 0.717) is 17.8 Å². The van der Waals surface area contributed by atoms with Crippen LogP contribution in [0.15, 0.2) is 57.9 Å². The van der Waals surface area contributed by atoms with Gasteiger partial charge in [-0.1, -0.05) is 25.1 Å². The SMILES string of the molecule is CCC(Sc1cccc(NC(=O)CCC(=O)O)c1)C(=O)Nc1ccccc1Br. The minimum Gasteiger partial charge on any atom is -0.481 e. The second kappa shape index (κ2) is 10.9. The summed E-state index contributed by atoms with van der Waals surface area (Å²) in [5, 5.41) is 14.0. The van der Waals surface area contributed by atoms with Gasteiger partial charge in [0.05, 0.1) is 17.4 Å². The lowest BCUT2D eigenvalue weighted by Gasteiger charge is -2.16. The van der Waals surface area contributed by atoms with Crippen molar-refractivity contribution in [3.05, 3.63) is 53.0 Å². The third-order valence-electron chi connectivity index (χ3n) is 3.76. The third kappa shape index (κ3) is 7.01. The van der Waals surface area contributed by atoms with Crippen molar-refractivity contribution >= 4 is 56.9 Å². The Hall–Kier alpha value is -2.32. The maximum Gasteiger partial charge on any atom is 0.303 e. The van der Waals surface area contributed by atoms with Gasteiger partial charge in [-0.15, -0.1) is 11.8 Å². The van der Waals surface area contributed by atoms with Gasteiger partial charge in [0, 0.05) is 21.5 Å². The molecule has 0 aliphatic heterocycles. The molecule has 2 aromatic rings. The maximum absolute atomic E-state index is 12.6. The van der Waals surface area contributed by atoms with Gasteiger partial charge in [0.2, 0.25) is 11.8 Å². The molecule has 0 saturated heterocycles. The van der Waals surface area contributed by atoms with E-state index in [1.807, 2.05) is 37.3 Å². The van der Waals surface area contributed by atoms with E-state index in [0.717, 1.165) is 9.37 Å². The number of aliphatic carboxylic acids is 1. The highest BCUT2D eigenvalue weighted by Crippen LogP contribution is 2.29. The van der Waals surface area contributed by atoms with Crippen LogP contribution in [0.5, 0.6) is 0 Å². The fraction of sp³-hybridized carbons (Fsp3) is 0.250. The van der Waals surface area contributed by atoms with Gasteiger partial charge in [-0.25, -0.2) is 0 Å². The lowest BCUT2D eigenvalue weighted by molar-refractivity contribution is -0.138. The quantitative estimate of drug-likeness (QED) is 0.464. The summed E-state index contributed by atoms with van der Waals surface area (Å²) in [7, 11) is 0. The van der Waals surface area contributed by atoms with Crippen LogP contribution >= 0.6 is 27.7 Å². The number of carboxylic acids is 1. The first-order valence-electron chi connectivity index (χ1n) is 8.72. The molecule has 6 nitrogen and oxygen atoms in total. The molecule has 2 amide bonds. The van der Waals surface area contributed by atoms with Gasteiger partial charge in [0.25, 0.3) is 0 Å². The predicted molar refractivity (Wildman–Crippen MR) is 115 cm³/mol. The van der Waals surface area contributed by atoms with E-state index in [9.17, 15) is 14.4 Å². The summed E-state index contributed by atoms with van der Waals surface area (Å²) in [4.78, 5) is 35.8. The lowest BCUT2D eigenvalue weighted by Crippen LogP contribution is -2.24. The number of anilines is 2. The van der Waals surface area contributed by atoms with Gasteiger partial charge in [0.15, 0.2) is 0 Å². The van der Waals surface area contributed by atoms with Crippen molar-refractivity contribution in [3.63, 3.8) is 0 Å². The molecular formula is C20H21BrN2O4S. The Labute approximate surface area is 176 Å². The molecule has 0 radical (unpaired) electrons. The molecule has 0 bridgehead atoms. The van der Waals surface area contributed by atoms with Crippen LogP contribution in [0.2, 0.25) is 0 Å². The number of hydrogen-bond donors (Lipinski definition) is 3. The van der Waals surface area contributed by atoms with Crippen molar-refractivity contribution in [3.8, 4) is 0 Å². The molecule has 0 aliphatic rings. The van der Waals surface area contributed by atoms with Crippen LogP contribution in [0, 0.1) is 0 Å². The number of benzene rings is 2. The number of thioether (sulfide) groups is 1. The van der Waals surface area contributed by atoms with E-state index in [1.165, 1.54) is 11.8 Å². The highest BCUT2D eigenvalue weighted by atomic mass is 79.9. The number of rotatable bonds is 9. The van der Waals surface area contributed by atoms with Gasteiger partial charge in [-0.05, 0) is 52.7 Å². The zero-order valence-corrected chi connectivity index (χ0v) is 17.7. The van der Waals surface area contributed by atoms with Gasteiger partial charge in [-0.3, -0.25) is 14.4 Å². The van der Waals surface area contributed by atoms with Crippen molar-refractivity contribution in [1.29, 1.82) is 0 Å². The number of halogens is 1. The molecule has 0 heterocycles. The number of nitrogens with one attached hydrogen (secondary N) is 2. The van der Waals surface area contributed by atoms with E-state index in [4.69, 9.17) is 5.11 Å². The van der Waals surface area contributed by atoms with E-state index >= 15 is 0 Å². The number of carbonyl (C=O) groups excluding carboxylic acids is 2. The molecule has 0 aromatic heterocycles. The van der Waals surface area contributed by atoms with Gasteiger partial charge in [-0.2, -0.15) is 0 Å². The highest BCUT2D eigenvalue weighted by Gasteiger charge is 2.19. The molecule has 1 atom stereocenters. The van der Waals surface area contributed by atoms with Crippen LogP contribution in [0.3, 0.4) is 0 Å². The number of carboxylic acid groups (broad SMARTS) is 1. The largest absolute Gasteiger partial charge is 0.481 e. The van der Waals surface area contributed by atoms with Crippen LogP contribution in [0.1, 0.15) is 26.2 Å². The zero-order chi connectivity index (χ0) is 20.5. The minimum atomic E-state index is -1.01. The Morgan fingerprint density at radius 2 is 1.82 bits per heavy atom. The van der Waals surface area contributed by atoms with E-state index in [2.05, 4.69) is 26.6 Å². The van der Waals surface area contributed by atoms with Gasteiger partial charge < -0.3 is 15.7 Å². The average Bonchev–Trinajstić information content (AvgIpc) is 2.66. The van der Waals surface area contributed by atoms with Crippen molar-refractivity contribution < 1.29 is 19.5 Å². The molecule has 0 fully saturated rings. The summed E-state index contributed by atoms with van der Waals surface area (Å²) in [6.07, 6.45) is 0.336. The minimum absolute atomic E-state index is 0.0847. The van der Waals surface area contributed by atoms with Crippen molar-refractivity contribution in [2.45, 2.75) is 36.3 Å². The van der Waals surface area contributed by atoms with Gasteiger partial charge >= 0.3 is 5.97 Å².